The molecule has 2 aromatic rings. The van der Waals surface area contributed by atoms with Crippen molar-refractivity contribution in [1.82, 2.24) is 10.3 Å². The maximum atomic E-state index is 11.9. The molecule has 1 unspecified atom stereocenters. The second kappa shape index (κ2) is 5.20. The normalized spacial score (nSPS) is 12.4. The Morgan fingerprint density at radius 3 is 2.76 bits per heavy atom. The van der Waals surface area contributed by atoms with Crippen LogP contribution in [0.25, 0.3) is 0 Å². The Bertz CT molecular complexity index is 532. The quantitative estimate of drug-likeness (QED) is 0.849. The molecule has 0 saturated heterocycles. The van der Waals surface area contributed by atoms with E-state index in [9.17, 15) is 4.79 Å². The fraction of sp³-hybridized carbons (Fsp3) is 0.273. The number of aromatic nitrogens is 1. The molecule has 0 aliphatic rings. The number of rotatable bonds is 3. The first-order valence-electron chi connectivity index (χ1n) is 5.06. The fourth-order valence-electron chi connectivity index (χ4n) is 1.35. The first kappa shape index (κ1) is 12.6. The molecular weight excluding hydrogens is 272 g/mol. The predicted octanol–water partition coefficient (Wildman–Crippen LogP) is 3.29. The van der Waals surface area contributed by atoms with Crippen LogP contribution in [-0.2, 0) is 0 Å². The molecule has 3 nitrogen and oxygen atoms in total. The molecule has 0 aliphatic heterocycles. The van der Waals surface area contributed by atoms with Crippen LogP contribution < -0.4 is 5.32 Å². The van der Waals surface area contributed by atoms with E-state index in [1.165, 1.54) is 11.3 Å². The van der Waals surface area contributed by atoms with E-state index in [-0.39, 0.29) is 11.9 Å². The lowest BCUT2D eigenvalue weighted by atomic mass is 10.3. The third-order valence-corrected chi connectivity index (χ3v) is 4.67. The number of nitrogens with one attached hydrogen (secondary N) is 1. The van der Waals surface area contributed by atoms with Crippen LogP contribution in [0.15, 0.2) is 21.7 Å². The molecule has 0 aliphatic carbocycles. The summed E-state index contributed by atoms with van der Waals surface area (Å²) in [5.41, 5.74) is 0.986. The van der Waals surface area contributed by atoms with E-state index in [1.54, 1.807) is 17.4 Å². The number of nitrogens with zero attached hydrogens (tertiary/aromatic N) is 1. The Morgan fingerprint density at radius 2 is 2.24 bits per heavy atom. The smallest absolute Gasteiger partial charge is 0.261 e. The van der Waals surface area contributed by atoms with Gasteiger partial charge in [0.15, 0.2) is 0 Å². The van der Waals surface area contributed by atoms with Gasteiger partial charge in [-0.25, -0.2) is 4.98 Å². The predicted molar refractivity (Wildman–Crippen MR) is 74.3 cm³/mol. The standard InChI is InChI=1S/C11H12N2OS3/c1-6-4-17-11(12-6)7(2)13-10(14)9-3-8(15)5-16-9/h3-5,7,15H,1-2H3,(H,13,14). The molecule has 0 aromatic carbocycles. The van der Waals surface area contributed by atoms with E-state index in [4.69, 9.17) is 0 Å². The highest BCUT2D eigenvalue weighted by molar-refractivity contribution is 7.80. The van der Waals surface area contributed by atoms with Gasteiger partial charge in [0.25, 0.3) is 5.91 Å². The highest BCUT2D eigenvalue weighted by Gasteiger charge is 2.15. The third-order valence-electron chi connectivity index (χ3n) is 2.16. The Balaban J connectivity index is 2.04. The molecule has 1 N–H and O–H groups in total. The first-order valence-corrected chi connectivity index (χ1v) is 7.27. The zero-order valence-electron chi connectivity index (χ0n) is 9.43. The van der Waals surface area contributed by atoms with Gasteiger partial charge in [0.1, 0.15) is 5.01 Å². The Labute approximate surface area is 113 Å². The Kier molecular flexibility index (Phi) is 3.86. The maximum absolute atomic E-state index is 11.9. The van der Waals surface area contributed by atoms with E-state index in [1.807, 2.05) is 24.6 Å². The number of thiol groups is 1. The topological polar surface area (TPSA) is 42.0 Å². The second-order valence-electron chi connectivity index (χ2n) is 3.69. The molecule has 2 heterocycles. The second-order valence-corrected chi connectivity index (χ2v) is 6.01. The molecule has 0 saturated carbocycles. The van der Waals surface area contributed by atoms with E-state index in [0.717, 1.165) is 15.6 Å². The summed E-state index contributed by atoms with van der Waals surface area (Å²) in [6.45, 7) is 3.88. The molecule has 2 aromatic heterocycles. The minimum Gasteiger partial charge on any atom is -0.342 e. The molecule has 1 amide bonds. The average molecular weight is 284 g/mol. The van der Waals surface area contributed by atoms with Crippen LogP contribution in [0.1, 0.15) is 33.3 Å². The van der Waals surface area contributed by atoms with Gasteiger partial charge >= 0.3 is 0 Å². The summed E-state index contributed by atoms with van der Waals surface area (Å²) in [6.07, 6.45) is 0. The summed E-state index contributed by atoms with van der Waals surface area (Å²) in [5, 5.41) is 7.68. The van der Waals surface area contributed by atoms with Crippen LogP contribution in [0.5, 0.6) is 0 Å². The number of carbonyl (C=O) groups excluding carboxylic acids is 1. The molecule has 0 fully saturated rings. The lowest BCUT2D eigenvalue weighted by molar-refractivity contribution is 0.0944. The molecule has 90 valence electrons. The SMILES string of the molecule is Cc1csc(C(C)NC(=O)c2cc(S)cs2)n1. The summed E-state index contributed by atoms with van der Waals surface area (Å²) < 4.78 is 0. The fourth-order valence-corrected chi connectivity index (χ4v) is 3.20. The number of carbonyl (C=O) groups is 1. The summed E-state index contributed by atoms with van der Waals surface area (Å²) in [7, 11) is 0. The van der Waals surface area contributed by atoms with Crippen LogP contribution in [0.2, 0.25) is 0 Å². The number of amides is 1. The Hall–Kier alpha value is -0.850. The molecule has 2 rings (SSSR count). The number of thiazole rings is 1. The minimum absolute atomic E-state index is 0.0633. The van der Waals surface area contributed by atoms with Gasteiger partial charge in [0, 0.05) is 21.3 Å². The summed E-state index contributed by atoms with van der Waals surface area (Å²) in [4.78, 5) is 17.7. The molecule has 1 atom stereocenters. The summed E-state index contributed by atoms with van der Waals surface area (Å²) in [6, 6.07) is 1.70. The zero-order chi connectivity index (χ0) is 12.4. The van der Waals surface area contributed by atoms with Crippen molar-refractivity contribution >= 4 is 41.2 Å². The van der Waals surface area contributed by atoms with Crippen LogP contribution in [0.4, 0.5) is 0 Å². The molecule has 17 heavy (non-hydrogen) atoms. The van der Waals surface area contributed by atoms with Crippen LogP contribution in [-0.4, -0.2) is 10.9 Å². The largest absolute Gasteiger partial charge is 0.342 e. The van der Waals surface area contributed by atoms with Crippen LogP contribution >= 0.6 is 35.3 Å². The van der Waals surface area contributed by atoms with Crippen molar-refractivity contribution in [1.29, 1.82) is 0 Å². The van der Waals surface area contributed by atoms with Gasteiger partial charge in [-0.1, -0.05) is 0 Å². The highest BCUT2D eigenvalue weighted by atomic mass is 32.1. The van der Waals surface area contributed by atoms with Gasteiger partial charge in [-0.2, -0.15) is 0 Å². The zero-order valence-corrected chi connectivity index (χ0v) is 12.0. The molecule has 6 heteroatoms. The molecule has 0 bridgehead atoms. The lowest BCUT2D eigenvalue weighted by Crippen LogP contribution is -2.25. The summed E-state index contributed by atoms with van der Waals surface area (Å²) >= 11 is 7.14. The van der Waals surface area contributed by atoms with Crippen molar-refractivity contribution in [2.75, 3.05) is 0 Å². The third kappa shape index (κ3) is 3.08. The Morgan fingerprint density at radius 1 is 1.47 bits per heavy atom. The summed E-state index contributed by atoms with van der Waals surface area (Å²) in [5.74, 6) is -0.0735. The van der Waals surface area contributed by atoms with Crippen molar-refractivity contribution < 1.29 is 4.79 Å². The number of aryl methyl sites for hydroxylation is 1. The minimum atomic E-state index is -0.0735. The maximum Gasteiger partial charge on any atom is 0.261 e. The lowest BCUT2D eigenvalue weighted by Gasteiger charge is -2.09. The monoisotopic (exact) mass is 284 g/mol. The van der Waals surface area contributed by atoms with Crippen LogP contribution in [0.3, 0.4) is 0 Å². The van der Waals surface area contributed by atoms with Gasteiger partial charge < -0.3 is 5.32 Å². The van der Waals surface area contributed by atoms with E-state index in [2.05, 4.69) is 22.9 Å². The van der Waals surface area contributed by atoms with Crippen molar-refractivity contribution in [2.24, 2.45) is 0 Å². The van der Waals surface area contributed by atoms with Gasteiger partial charge in [-0.15, -0.1) is 35.3 Å². The van der Waals surface area contributed by atoms with Crippen molar-refractivity contribution in [3.8, 4) is 0 Å². The molecule has 0 radical (unpaired) electrons. The van der Waals surface area contributed by atoms with Gasteiger partial charge in [0.05, 0.1) is 10.9 Å². The first-order chi connectivity index (χ1) is 8.06. The van der Waals surface area contributed by atoms with Crippen molar-refractivity contribution in [2.45, 2.75) is 24.8 Å². The van der Waals surface area contributed by atoms with Gasteiger partial charge in [0.2, 0.25) is 0 Å². The number of hydrogen-bond donors (Lipinski definition) is 2. The molecule has 0 spiro atoms. The van der Waals surface area contributed by atoms with Crippen LogP contribution in [0, 0.1) is 6.92 Å². The number of thiophene rings is 1. The average Bonchev–Trinajstić information content (AvgIpc) is 2.87. The van der Waals surface area contributed by atoms with Gasteiger partial charge in [-0.05, 0) is 19.9 Å². The van der Waals surface area contributed by atoms with E-state index < -0.39 is 0 Å². The van der Waals surface area contributed by atoms with E-state index >= 15 is 0 Å². The number of hydrogen-bond acceptors (Lipinski definition) is 5. The van der Waals surface area contributed by atoms with Gasteiger partial charge in [-0.3, -0.25) is 4.79 Å². The van der Waals surface area contributed by atoms with Crippen molar-refractivity contribution in [3.05, 3.63) is 32.4 Å². The molecular formula is C11H12N2OS3. The van der Waals surface area contributed by atoms with E-state index in [0.29, 0.717) is 4.88 Å². The highest BCUT2D eigenvalue weighted by Crippen LogP contribution is 2.21. The van der Waals surface area contributed by atoms with Crippen molar-refractivity contribution in [3.63, 3.8) is 0 Å².